The highest BCUT2D eigenvalue weighted by Crippen LogP contribution is 2.42. The Hall–Kier alpha value is -3.71. The summed E-state index contributed by atoms with van der Waals surface area (Å²) in [7, 11) is 0. The van der Waals surface area contributed by atoms with Crippen molar-refractivity contribution < 1.29 is 19.1 Å². The van der Waals surface area contributed by atoms with Crippen LogP contribution in [0, 0.1) is 13.8 Å². The molecule has 7 heteroatoms. The number of carbonyl (C=O) groups is 2. The van der Waals surface area contributed by atoms with Gasteiger partial charge >= 0.3 is 0 Å². The van der Waals surface area contributed by atoms with Gasteiger partial charge in [0.25, 0.3) is 5.91 Å². The number of hydrogen-bond acceptors (Lipinski definition) is 5. The van der Waals surface area contributed by atoms with Crippen LogP contribution in [0.15, 0.2) is 87.1 Å². The van der Waals surface area contributed by atoms with Crippen LogP contribution in [-0.2, 0) is 4.79 Å². The number of nitrogens with zero attached hydrogens (tertiary/aromatic N) is 2. The number of aromatic nitrogens is 1. The Labute approximate surface area is 198 Å². The second-order valence-corrected chi connectivity index (χ2v) is 8.90. The first-order valence-electron chi connectivity index (χ1n) is 10.3. The van der Waals surface area contributed by atoms with Crippen molar-refractivity contribution in [3.05, 3.63) is 105 Å². The van der Waals surface area contributed by atoms with Gasteiger partial charge in [-0.05, 0) is 73.5 Å². The number of aliphatic hydroxyl groups excluding tert-OH is 1. The summed E-state index contributed by atoms with van der Waals surface area (Å²) in [6, 6.07) is 16.9. The third kappa shape index (κ3) is 3.54. The van der Waals surface area contributed by atoms with Gasteiger partial charge in [-0.25, -0.2) is 0 Å². The summed E-state index contributed by atoms with van der Waals surface area (Å²) < 4.78 is 6.62. The molecule has 1 aliphatic rings. The van der Waals surface area contributed by atoms with Gasteiger partial charge in [-0.2, -0.15) is 0 Å². The van der Waals surface area contributed by atoms with Crippen LogP contribution in [0.4, 0.5) is 5.69 Å². The number of benzene rings is 2. The van der Waals surface area contributed by atoms with Gasteiger partial charge < -0.3 is 9.52 Å². The van der Waals surface area contributed by atoms with Crippen LogP contribution in [-0.4, -0.2) is 21.8 Å². The van der Waals surface area contributed by atoms with Gasteiger partial charge in [0, 0.05) is 21.7 Å². The minimum Gasteiger partial charge on any atom is -0.503 e. The van der Waals surface area contributed by atoms with Crippen molar-refractivity contribution >= 4 is 44.3 Å². The number of Topliss-reactive ketones (excluding diaryl/α,β-unsaturated/α-hetero) is 1. The molecule has 4 aromatic rings. The highest BCUT2D eigenvalue weighted by Gasteiger charge is 2.46. The normalized spacial score (nSPS) is 16.2. The van der Waals surface area contributed by atoms with Crippen molar-refractivity contribution in [1.29, 1.82) is 0 Å². The van der Waals surface area contributed by atoms with Crippen molar-refractivity contribution in [1.82, 2.24) is 4.98 Å². The molecule has 3 heterocycles. The zero-order chi connectivity index (χ0) is 23.3. The first kappa shape index (κ1) is 21.2. The number of hydrogen-bond donors (Lipinski definition) is 1. The van der Waals surface area contributed by atoms with E-state index >= 15 is 0 Å². The second kappa shape index (κ2) is 8.01. The zero-order valence-corrected chi connectivity index (χ0v) is 19.5. The number of aryl methyl sites for hydroxylation is 2. The van der Waals surface area contributed by atoms with Crippen LogP contribution in [0.2, 0.25) is 0 Å². The van der Waals surface area contributed by atoms with Crippen molar-refractivity contribution in [2.75, 3.05) is 4.90 Å². The maximum absolute atomic E-state index is 13.6. The van der Waals surface area contributed by atoms with E-state index in [0.29, 0.717) is 17.0 Å². The molecule has 0 radical (unpaired) electrons. The molecule has 1 atom stereocenters. The fraction of sp³-hybridized carbons (Fsp3) is 0.115. The molecule has 0 bridgehead atoms. The monoisotopic (exact) mass is 502 g/mol. The van der Waals surface area contributed by atoms with Gasteiger partial charge in [-0.1, -0.05) is 28.1 Å². The molecule has 0 saturated heterocycles. The number of anilines is 1. The predicted octanol–water partition coefficient (Wildman–Crippen LogP) is 5.99. The number of ketones is 1. The topological polar surface area (TPSA) is 83.6 Å². The highest BCUT2D eigenvalue weighted by molar-refractivity contribution is 9.10. The molecule has 0 saturated carbocycles. The van der Waals surface area contributed by atoms with Gasteiger partial charge in [0.05, 0.1) is 11.3 Å². The van der Waals surface area contributed by atoms with Crippen LogP contribution in [0.3, 0.4) is 0 Å². The van der Waals surface area contributed by atoms with E-state index in [1.165, 1.54) is 4.90 Å². The average molecular weight is 503 g/mol. The number of carbonyl (C=O) groups excluding carboxylic acids is 2. The third-order valence-electron chi connectivity index (χ3n) is 5.89. The molecule has 1 aliphatic heterocycles. The van der Waals surface area contributed by atoms with Crippen molar-refractivity contribution in [3.63, 3.8) is 0 Å². The molecular weight excluding hydrogens is 484 g/mol. The van der Waals surface area contributed by atoms with Crippen LogP contribution >= 0.6 is 15.9 Å². The Balaban J connectivity index is 1.66. The van der Waals surface area contributed by atoms with E-state index in [1.807, 2.05) is 38.1 Å². The number of halogens is 1. The number of fused-ring (bicyclic) bond motifs is 1. The molecule has 5 rings (SSSR count). The molecule has 1 N–H and O–H groups in total. The van der Waals surface area contributed by atoms with E-state index in [-0.39, 0.29) is 11.3 Å². The Kier molecular flexibility index (Phi) is 5.13. The van der Waals surface area contributed by atoms with Crippen LogP contribution in [0.1, 0.15) is 33.4 Å². The molecule has 1 unspecified atom stereocenters. The number of rotatable bonds is 4. The summed E-state index contributed by atoms with van der Waals surface area (Å²) in [5.74, 6) is -1.78. The Bertz CT molecular complexity index is 1460. The minimum absolute atomic E-state index is 0.0420. The average Bonchev–Trinajstić information content (AvgIpc) is 3.34. The SMILES string of the molecule is Cc1ccc(N2C(=O)C(O)=C(C(=O)c3cc4cc(Br)ccc4o3)C2c2ccccn2)cc1C. The molecule has 0 aliphatic carbocycles. The van der Waals surface area contributed by atoms with Gasteiger partial charge in [0.15, 0.2) is 11.5 Å². The highest BCUT2D eigenvalue weighted by atomic mass is 79.9. The predicted molar refractivity (Wildman–Crippen MR) is 128 cm³/mol. The lowest BCUT2D eigenvalue weighted by molar-refractivity contribution is -0.117. The first-order valence-corrected chi connectivity index (χ1v) is 11.1. The summed E-state index contributed by atoms with van der Waals surface area (Å²) in [5.41, 5.74) is 3.57. The maximum Gasteiger partial charge on any atom is 0.294 e. The van der Waals surface area contributed by atoms with E-state index in [9.17, 15) is 14.7 Å². The van der Waals surface area contributed by atoms with Gasteiger partial charge in [0.2, 0.25) is 5.78 Å². The lowest BCUT2D eigenvalue weighted by Crippen LogP contribution is -2.31. The molecule has 0 fully saturated rings. The maximum atomic E-state index is 13.6. The minimum atomic E-state index is -0.895. The van der Waals surface area contributed by atoms with E-state index in [0.717, 1.165) is 21.0 Å². The Morgan fingerprint density at radius 3 is 2.61 bits per heavy atom. The smallest absolute Gasteiger partial charge is 0.294 e. The van der Waals surface area contributed by atoms with E-state index < -0.39 is 23.5 Å². The third-order valence-corrected chi connectivity index (χ3v) is 6.38. The van der Waals surface area contributed by atoms with Gasteiger partial charge in [0.1, 0.15) is 11.6 Å². The van der Waals surface area contributed by atoms with Crippen molar-refractivity contribution in [2.24, 2.45) is 0 Å². The molecule has 33 heavy (non-hydrogen) atoms. The fourth-order valence-electron chi connectivity index (χ4n) is 4.06. The van der Waals surface area contributed by atoms with E-state index in [2.05, 4.69) is 20.9 Å². The Morgan fingerprint density at radius 1 is 1.06 bits per heavy atom. The fourth-order valence-corrected chi connectivity index (χ4v) is 4.43. The largest absolute Gasteiger partial charge is 0.503 e. The Morgan fingerprint density at radius 2 is 1.88 bits per heavy atom. The first-order chi connectivity index (χ1) is 15.8. The summed E-state index contributed by atoms with van der Waals surface area (Å²) in [4.78, 5) is 32.7. The van der Waals surface area contributed by atoms with Gasteiger partial charge in [-0.15, -0.1) is 0 Å². The summed E-state index contributed by atoms with van der Waals surface area (Å²) >= 11 is 3.41. The van der Waals surface area contributed by atoms with E-state index in [1.54, 1.807) is 42.6 Å². The van der Waals surface area contributed by atoms with Crippen LogP contribution in [0.5, 0.6) is 0 Å². The number of aliphatic hydroxyl groups is 1. The lowest BCUT2D eigenvalue weighted by Gasteiger charge is -2.26. The summed E-state index contributed by atoms with van der Waals surface area (Å²) in [6.07, 6.45) is 1.59. The second-order valence-electron chi connectivity index (χ2n) is 7.99. The number of amides is 1. The molecule has 6 nitrogen and oxygen atoms in total. The number of pyridine rings is 1. The lowest BCUT2D eigenvalue weighted by atomic mass is 9.97. The zero-order valence-electron chi connectivity index (χ0n) is 17.9. The molecule has 2 aromatic heterocycles. The molecule has 1 amide bonds. The number of furan rings is 1. The summed E-state index contributed by atoms with van der Waals surface area (Å²) in [6.45, 7) is 3.92. The standard InChI is InChI=1S/C26H19BrN2O4/c1-14-6-8-18(11-15(14)2)29-23(19-5-3-4-10-28-19)22(25(31)26(29)32)24(30)21-13-16-12-17(27)7-9-20(16)33-21/h3-13,23,31H,1-2H3. The van der Waals surface area contributed by atoms with Crippen LogP contribution in [0.25, 0.3) is 11.0 Å². The molecular formula is C26H19BrN2O4. The van der Waals surface area contributed by atoms with E-state index in [4.69, 9.17) is 4.42 Å². The van der Waals surface area contributed by atoms with Crippen molar-refractivity contribution in [3.8, 4) is 0 Å². The molecule has 164 valence electrons. The van der Waals surface area contributed by atoms with Crippen LogP contribution < -0.4 is 4.90 Å². The molecule has 0 spiro atoms. The van der Waals surface area contributed by atoms with Crippen molar-refractivity contribution in [2.45, 2.75) is 19.9 Å². The summed E-state index contributed by atoms with van der Waals surface area (Å²) in [5, 5.41) is 11.6. The quantitative estimate of drug-likeness (QED) is 0.346. The van der Waals surface area contributed by atoms with Gasteiger partial charge in [-0.3, -0.25) is 19.5 Å². The molecule has 2 aromatic carbocycles.